The Bertz CT molecular complexity index is 308. The molecule has 2 unspecified atom stereocenters. The lowest BCUT2D eigenvalue weighted by Gasteiger charge is -2.08. The molecule has 1 fully saturated rings. The zero-order chi connectivity index (χ0) is 7.97. The van der Waals surface area contributed by atoms with Gasteiger partial charge in [0.05, 0.1) is 0 Å². The number of benzene rings is 1. The first kappa shape index (κ1) is 6.63. The summed E-state index contributed by atoms with van der Waals surface area (Å²) in [4.78, 5) is 0. The number of hydrogen-bond acceptors (Lipinski definition) is 2. The number of rotatable bonds is 0. The number of fused-ring (bicyclic) bond motifs is 3. The highest BCUT2D eigenvalue weighted by Crippen LogP contribution is 2.32. The van der Waals surface area contributed by atoms with Gasteiger partial charge in [0.2, 0.25) is 0 Å². The van der Waals surface area contributed by atoms with Crippen LogP contribution < -0.4 is 10.6 Å². The van der Waals surface area contributed by atoms with Gasteiger partial charge in [0.1, 0.15) is 0 Å². The van der Waals surface area contributed by atoms with Crippen LogP contribution in [0.25, 0.3) is 0 Å². The van der Waals surface area contributed by atoms with Gasteiger partial charge in [-0.1, -0.05) is 24.3 Å². The van der Waals surface area contributed by atoms with E-state index in [4.69, 9.17) is 0 Å². The Hall–Kier alpha value is -0.860. The van der Waals surface area contributed by atoms with Crippen LogP contribution in [0.4, 0.5) is 0 Å². The lowest BCUT2D eigenvalue weighted by molar-refractivity contribution is 0.572. The Labute approximate surface area is 72.0 Å². The van der Waals surface area contributed by atoms with Crippen LogP contribution >= 0.6 is 0 Å². The first-order valence-corrected chi connectivity index (χ1v) is 4.50. The average molecular weight is 160 g/mol. The van der Waals surface area contributed by atoms with Crippen LogP contribution in [0.3, 0.4) is 0 Å². The predicted molar refractivity (Wildman–Crippen MR) is 47.8 cm³/mol. The van der Waals surface area contributed by atoms with E-state index in [2.05, 4.69) is 34.9 Å². The van der Waals surface area contributed by atoms with Gasteiger partial charge in [-0.2, -0.15) is 0 Å². The number of hydrogen-bond donors (Lipinski definition) is 2. The molecule has 12 heavy (non-hydrogen) atoms. The molecule has 1 saturated heterocycles. The van der Waals surface area contributed by atoms with Crippen molar-refractivity contribution in [2.45, 2.75) is 18.5 Å². The molecule has 62 valence electrons. The van der Waals surface area contributed by atoms with Crippen molar-refractivity contribution in [2.24, 2.45) is 0 Å². The summed E-state index contributed by atoms with van der Waals surface area (Å²) in [5, 5.41) is 6.92. The van der Waals surface area contributed by atoms with Crippen LogP contribution in [0.15, 0.2) is 24.3 Å². The molecule has 2 nitrogen and oxygen atoms in total. The molecule has 2 heteroatoms. The molecule has 0 saturated carbocycles. The van der Waals surface area contributed by atoms with Crippen molar-refractivity contribution in [2.75, 3.05) is 6.67 Å². The smallest absolute Gasteiger partial charge is 0.0492 e. The van der Waals surface area contributed by atoms with Gasteiger partial charge in [0.25, 0.3) is 0 Å². The summed E-state index contributed by atoms with van der Waals surface area (Å²) < 4.78 is 0. The molecule has 0 spiro atoms. The molecular formula is C10H12N2. The molecule has 0 bridgehead atoms. The second kappa shape index (κ2) is 2.31. The van der Waals surface area contributed by atoms with Gasteiger partial charge < -0.3 is 0 Å². The van der Waals surface area contributed by atoms with E-state index in [-0.39, 0.29) is 0 Å². The Morgan fingerprint density at radius 1 is 1.17 bits per heavy atom. The molecule has 2 N–H and O–H groups in total. The average Bonchev–Trinajstić information content (AvgIpc) is 2.62. The van der Waals surface area contributed by atoms with Crippen molar-refractivity contribution >= 4 is 0 Å². The third kappa shape index (κ3) is 0.765. The van der Waals surface area contributed by atoms with Gasteiger partial charge in [0.15, 0.2) is 0 Å². The van der Waals surface area contributed by atoms with E-state index in [1.807, 2.05) is 0 Å². The zero-order valence-electron chi connectivity index (χ0n) is 6.88. The molecule has 3 rings (SSSR count). The van der Waals surface area contributed by atoms with Crippen LogP contribution in [-0.4, -0.2) is 12.7 Å². The van der Waals surface area contributed by atoms with Crippen LogP contribution in [0.5, 0.6) is 0 Å². The zero-order valence-corrected chi connectivity index (χ0v) is 6.88. The lowest BCUT2D eigenvalue weighted by Crippen LogP contribution is -2.23. The highest BCUT2D eigenvalue weighted by molar-refractivity contribution is 5.37. The van der Waals surface area contributed by atoms with E-state index in [1.165, 1.54) is 17.5 Å². The fourth-order valence-electron chi connectivity index (χ4n) is 2.34. The molecular weight excluding hydrogens is 148 g/mol. The third-order valence-corrected chi connectivity index (χ3v) is 2.92. The molecule has 0 radical (unpaired) electrons. The summed E-state index contributed by atoms with van der Waals surface area (Å²) >= 11 is 0. The topological polar surface area (TPSA) is 24.1 Å². The summed E-state index contributed by atoms with van der Waals surface area (Å²) in [5.74, 6) is 0. The SMILES string of the molecule is c1ccc2c(c1)CC1NCNC21. The van der Waals surface area contributed by atoms with E-state index in [0.29, 0.717) is 12.1 Å². The maximum atomic E-state index is 3.46. The molecule has 0 amide bonds. The van der Waals surface area contributed by atoms with Crippen molar-refractivity contribution in [3.05, 3.63) is 35.4 Å². The maximum absolute atomic E-state index is 3.46. The quantitative estimate of drug-likeness (QED) is 0.586. The predicted octanol–water partition coefficient (Wildman–Crippen LogP) is 0.803. The van der Waals surface area contributed by atoms with E-state index >= 15 is 0 Å². The van der Waals surface area contributed by atoms with Crippen LogP contribution in [0.2, 0.25) is 0 Å². The lowest BCUT2D eigenvalue weighted by atomic mass is 10.1. The van der Waals surface area contributed by atoms with Gasteiger partial charge in [-0.3, -0.25) is 10.6 Å². The standard InChI is InChI=1S/C10H12N2/c1-2-4-8-7(3-1)5-9-10(8)12-6-11-9/h1-4,9-12H,5-6H2. The first-order valence-electron chi connectivity index (χ1n) is 4.50. The second-order valence-corrected chi connectivity index (χ2v) is 3.57. The largest absolute Gasteiger partial charge is 0.299 e. The van der Waals surface area contributed by atoms with Crippen LogP contribution in [0, 0.1) is 0 Å². The highest BCUT2D eigenvalue weighted by atomic mass is 15.2. The van der Waals surface area contributed by atoms with Crippen LogP contribution in [0.1, 0.15) is 17.2 Å². The van der Waals surface area contributed by atoms with Crippen LogP contribution in [-0.2, 0) is 6.42 Å². The Morgan fingerprint density at radius 3 is 3.08 bits per heavy atom. The fraction of sp³-hybridized carbons (Fsp3) is 0.400. The Balaban J connectivity index is 2.09. The summed E-state index contributed by atoms with van der Waals surface area (Å²) in [7, 11) is 0. The Kier molecular flexibility index (Phi) is 1.28. The molecule has 1 aromatic rings. The van der Waals surface area contributed by atoms with Crippen molar-refractivity contribution in [1.29, 1.82) is 0 Å². The van der Waals surface area contributed by atoms with Crippen molar-refractivity contribution in [3.8, 4) is 0 Å². The Morgan fingerprint density at radius 2 is 2.08 bits per heavy atom. The highest BCUT2D eigenvalue weighted by Gasteiger charge is 2.34. The minimum Gasteiger partial charge on any atom is -0.299 e. The number of nitrogens with one attached hydrogen (secondary N) is 2. The van der Waals surface area contributed by atoms with Gasteiger partial charge in [-0.15, -0.1) is 0 Å². The minimum atomic E-state index is 0.571. The van der Waals surface area contributed by atoms with E-state index in [1.54, 1.807) is 0 Å². The van der Waals surface area contributed by atoms with Crippen molar-refractivity contribution in [3.63, 3.8) is 0 Å². The summed E-state index contributed by atoms with van der Waals surface area (Å²) in [6.45, 7) is 0.962. The van der Waals surface area contributed by atoms with Crippen molar-refractivity contribution < 1.29 is 0 Å². The van der Waals surface area contributed by atoms with Gasteiger partial charge >= 0.3 is 0 Å². The van der Waals surface area contributed by atoms with E-state index in [0.717, 1.165) is 6.67 Å². The van der Waals surface area contributed by atoms with Gasteiger partial charge in [-0.25, -0.2) is 0 Å². The molecule has 1 aliphatic carbocycles. The second-order valence-electron chi connectivity index (χ2n) is 3.57. The van der Waals surface area contributed by atoms with E-state index in [9.17, 15) is 0 Å². The van der Waals surface area contributed by atoms with Gasteiger partial charge in [0, 0.05) is 18.8 Å². The summed E-state index contributed by atoms with van der Waals surface area (Å²) in [6, 6.07) is 9.93. The summed E-state index contributed by atoms with van der Waals surface area (Å²) in [6.07, 6.45) is 1.19. The summed E-state index contributed by atoms with van der Waals surface area (Å²) in [5.41, 5.74) is 3.00. The molecule has 1 aromatic carbocycles. The van der Waals surface area contributed by atoms with E-state index < -0.39 is 0 Å². The molecule has 1 heterocycles. The fourth-order valence-corrected chi connectivity index (χ4v) is 2.34. The first-order chi connectivity index (χ1) is 5.95. The molecule has 0 aromatic heterocycles. The van der Waals surface area contributed by atoms with Gasteiger partial charge in [-0.05, 0) is 17.5 Å². The van der Waals surface area contributed by atoms with Crippen molar-refractivity contribution in [1.82, 2.24) is 10.6 Å². The maximum Gasteiger partial charge on any atom is 0.0492 e. The molecule has 1 aliphatic heterocycles. The minimum absolute atomic E-state index is 0.571. The molecule has 2 atom stereocenters. The molecule has 2 aliphatic rings. The monoisotopic (exact) mass is 160 g/mol. The normalized spacial score (nSPS) is 31.7. The third-order valence-electron chi connectivity index (χ3n) is 2.92.